The lowest BCUT2D eigenvalue weighted by atomic mass is 9.94. The highest BCUT2D eigenvalue weighted by Crippen LogP contribution is 2.26. The molecule has 2 aromatic heterocycles. The number of rotatable bonds is 5. The monoisotopic (exact) mass is 417 g/mol. The number of carbonyl (C=O) groups excluding carboxylic acids is 2. The molecule has 0 spiro atoms. The SMILES string of the molecule is O=C(NC[C@@H]1CCn2ncc(C(=O)Nc3ccc4c(c3)COC4)c2C1)c1cccnc1. The summed E-state index contributed by atoms with van der Waals surface area (Å²) in [6.07, 6.45) is 6.42. The zero-order chi connectivity index (χ0) is 21.2. The van der Waals surface area contributed by atoms with Gasteiger partial charge in [0.2, 0.25) is 0 Å². The van der Waals surface area contributed by atoms with Gasteiger partial charge in [0.15, 0.2) is 0 Å². The lowest BCUT2D eigenvalue weighted by Crippen LogP contribution is -2.33. The maximum absolute atomic E-state index is 12.9. The Morgan fingerprint density at radius 2 is 2.03 bits per heavy atom. The van der Waals surface area contributed by atoms with Crippen LogP contribution in [-0.2, 0) is 30.9 Å². The van der Waals surface area contributed by atoms with Crippen LogP contribution >= 0.6 is 0 Å². The number of pyridine rings is 1. The van der Waals surface area contributed by atoms with Crippen molar-refractivity contribution >= 4 is 17.5 Å². The van der Waals surface area contributed by atoms with Crippen LogP contribution in [-0.4, -0.2) is 33.1 Å². The van der Waals surface area contributed by atoms with Crippen LogP contribution in [0, 0.1) is 5.92 Å². The number of carbonyl (C=O) groups is 2. The standard InChI is InChI=1S/C23H23N5O3/c29-22(16-2-1-6-24-11-16)25-10-15-5-7-28-21(8-15)20(12-26-28)23(30)27-19-4-3-17-13-31-14-18(17)9-19/h1-4,6,9,11-12,15H,5,7-8,10,13-14H2,(H,25,29)(H,27,30)/t15-/m1/s1. The van der Waals surface area contributed by atoms with Crippen molar-refractivity contribution in [3.05, 3.63) is 76.9 Å². The molecule has 2 aliphatic rings. The minimum Gasteiger partial charge on any atom is -0.372 e. The van der Waals surface area contributed by atoms with Gasteiger partial charge in [-0.05, 0) is 54.2 Å². The van der Waals surface area contributed by atoms with Crippen LogP contribution in [0.3, 0.4) is 0 Å². The van der Waals surface area contributed by atoms with Gasteiger partial charge < -0.3 is 15.4 Å². The summed E-state index contributed by atoms with van der Waals surface area (Å²) in [5, 5.41) is 10.4. The van der Waals surface area contributed by atoms with E-state index in [9.17, 15) is 9.59 Å². The molecule has 0 fully saturated rings. The highest BCUT2D eigenvalue weighted by molar-refractivity contribution is 6.05. The molecule has 158 valence electrons. The second-order valence-electron chi connectivity index (χ2n) is 7.97. The van der Waals surface area contributed by atoms with E-state index in [1.54, 1.807) is 30.7 Å². The van der Waals surface area contributed by atoms with Crippen molar-refractivity contribution in [1.82, 2.24) is 20.1 Å². The number of nitrogens with zero attached hydrogens (tertiary/aromatic N) is 3. The highest BCUT2D eigenvalue weighted by Gasteiger charge is 2.26. The van der Waals surface area contributed by atoms with E-state index in [2.05, 4.69) is 20.7 Å². The molecule has 0 saturated carbocycles. The van der Waals surface area contributed by atoms with Gasteiger partial charge in [-0.15, -0.1) is 0 Å². The Morgan fingerprint density at radius 3 is 2.90 bits per heavy atom. The molecule has 1 aromatic carbocycles. The maximum Gasteiger partial charge on any atom is 0.259 e. The molecular weight excluding hydrogens is 394 g/mol. The minimum absolute atomic E-state index is 0.134. The summed E-state index contributed by atoms with van der Waals surface area (Å²) in [7, 11) is 0. The molecule has 0 radical (unpaired) electrons. The number of amides is 2. The fraction of sp³-hybridized carbons (Fsp3) is 0.304. The Morgan fingerprint density at radius 1 is 1.13 bits per heavy atom. The number of benzene rings is 1. The van der Waals surface area contributed by atoms with Crippen LogP contribution in [0.25, 0.3) is 0 Å². The highest BCUT2D eigenvalue weighted by atomic mass is 16.5. The molecule has 8 heteroatoms. The molecule has 4 heterocycles. The number of anilines is 1. The summed E-state index contributed by atoms with van der Waals surface area (Å²) in [5.74, 6) is -0.0561. The summed E-state index contributed by atoms with van der Waals surface area (Å²) in [5.41, 5.74) is 5.07. The molecule has 5 rings (SSSR count). The molecular formula is C23H23N5O3. The van der Waals surface area contributed by atoms with Gasteiger partial charge in [-0.25, -0.2) is 0 Å². The molecule has 2 aliphatic heterocycles. The van der Waals surface area contributed by atoms with Gasteiger partial charge >= 0.3 is 0 Å². The second-order valence-corrected chi connectivity index (χ2v) is 7.97. The van der Waals surface area contributed by atoms with E-state index in [0.29, 0.717) is 37.3 Å². The Kier molecular flexibility index (Phi) is 5.21. The average molecular weight is 417 g/mol. The molecule has 2 N–H and O–H groups in total. The van der Waals surface area contributed by atoms with E-state index < -0.39 is 0 Å². The van der Waals surface area contributed by atoms with Gasteiger partial charge in [0.05, 0.1) is 36.2 Å². The van der Waals surface area contributed by atoms with Crippen molar-refractivity contribution in [2.24, 2.45) is 5.92 Å². The van der Waals surface area contributed by atoms with Gasteiger partial charge in [-0.1, -0.05) is 6.07 Å². The number of hydrogen-bond donors (Lipinski definition) is 2. The summed E-state index contributed by atoms with van der Waals surface area (Å²) < 4.78 is 7.34. The van der Waals surface area contributed by atoms with Crippen LogP contribution in [0.2, 0.25) is 0 Å². The van der Waals surface area contributed by atoms with Gasteiger partial charge in [-0.2, -0.15) is 5.10 Å². The predicted octanol–water partition coefficient (Wildman–Crippen LogP) is 2.55. The zero-order valence-corrected chi connectivity index (χ0v) is 17.0. The van der Waals surface area contributed by atoms with Crippen LogP contribution in [0.1, 0.15) is 44.0 Å². The Hall–Kier alpha value is -3.52. The maximum atomic E-state index is 12.9. The molecule has 0 unspecified atom stereocenters. The Balaban J connectivity index is 1.24. The van der Waals surface area contributed by atoms with Crippen molar-refractivity contribution in [2.45, 2.75) is 32.6 Å². The van der Waals surface area contributed by atoms with Crippen LogP contribution < -0.4 is 10.6 Å². The molecule has 31 heavy (non-hydrogen) atoms. The van der Waals surface area contributed by atoms with E-state index in [0.717, 1.165) is 35.5 Å². The summed E-state index contributed by atoms with van der Waals surface area (Å²) in [6.45, 7) is 2.48. The Bertz CT molecular complexity index is 1130. The molecule has 1 atom stereocenters. The first kappa shape index (κ1) is 19.4. The fourth-order valence-electron chi connectivity index (χ4n) is 4.15. The van der Waals surface area contributed by atoms with Crippen LogP contribution in [0.4, 0.5) is 5.69 Å². The quantitative estimate of drug-likeness (QED) is 0.665. The van der Waals surface area contributed by atoms with E-state index >= 15 is 0 Å². The summed E-state index contributed by atoms with van der Waals surface area (Å²) in [4.78, 5) is 29.2. The van der Waals surface area contributed by atoms with Gasteiger partial charge in [0.25, 0.3) is 11.8 Å². The molecule has 0 aliphatic carbocycles. The molecule has 0 bridgehead atoms. The summed E-state index contributed by atoms with van der Waals surface area (Å²) >= 11 is 0. The third-order valence-electron chi connectivity index (χ3n) is 5.88. The van der Waals surface area contributed by atoms with Crippen molar-refractivity contribution < 1.29 is 14.3 Å². The third-order valence-corrected chi connectivity index (χ3v) is 5.88. The van der Waals surface area contributed by atoms with E-state index in [1.807, 2.05) is 22.9 Å². The van der Waals surface area contributed by atoms with Crippen LogP contribution in [0.15, 0.2) is 48.9 Å². The van der Waals surface area contributed by atoms with E-state index in [-0.39, 0.29) is 17.7 Å². The lowest BCUT2D eigenvalue weighted by Gasteiger charge is -2.24. The number of fused-ring (bicyclic) bond motifs is 2. The van der Waals surface area contributed by atoms with Gasteiger partial charge in [0.1, 0.15) is 0 Å². The zero-order valence-electron chi connectivity index (χ0n) is 17.0. The number of ether oxygens (including phenoxy) is 1. The molecule has 2 amide bonds. The lowest BCUT2D eigenvalue weighted by molar-refractivity contribution is 0.0942. The second kappa shape index (κ2) is 8.31. The molecule has 0 saturated heterocycles. The van der Waals surface area contributed by atoms with Crippen molar-refractivity contribution in [2.75, 3.05) is 11.9 Å². The smallest absolute Gasteiger partial charge is 0.259 e. The van der Waals surface area contributed by atoms with Crippen molar-refractivity contribution in [3.63, 3.8) is 0 Å². The molecule has 8 nitrogen and oxygen atoms in total. The van der Waals surface area contributed by atoms with Gasteiger partial charge in [0, 0.05) is 31.2 Å². The normalized spacial score (nSPS) is 17.0. The van der Waals surface area contributed by atoms with Crippen LogP contribution in [0.5, 0.6) is 0 Å². The van der Waals surface area contributed by atoms with Gasteiger partial charge in [-0.3, -0.25) is 19.3 Å². The molecule has 3 aromatic rings. The Labute approximate surface area is 179 Å². The number of aromatic nitrogens is 3. The number of hydrogen-bond acceptors (Lipinski definition) is 5. The first-order chi connectivity index (χ1) is 15.2. The average Bonchev–Trinajstić information content (AvgIpc) is 3.44. The van der Waals surface area contributed by atoms with E-state index in [1.165, 1.54) is 0 Å². The van der Waals surface area contributed by atoms with Crippen molar-refractivity contribution in [1.29, 1.82) is 0 Å². The topological polar surface area (TPSA) is 98.1 Å². The first-order valence-corrected chi connectivity index (χ1v) is 10.4. The third kappa shape index (κ3) is 4.06. The fourth-order valence-corrected chi connectivity index (χ4v) is 4.15. The minimum atomic E-state index is -0.167. The van der Waals surface area contributed by atoms with E-state index in [4.69, 9.17) is 4.74 Å². The number of nitrogens with one attached hydrogen (secondary N) is 2. The predicted molar refractivity (Wildman–Crippen MR) is 113 cm³/mol. The van der Waals surface area contributed by atoms with Crippen molar-refractivity contribution in [3.8, 4) is 0 Å². The number of aryl methyl sites for hydroxylation is 1. The largest absolute Gasteiger partial charge is 0.372 e. The summed E-state index contributed by atoms with van der Waals surface area (Å²) in [6, 6.07) is 9.34. The first-order valence-electron chi connectivity index (χ1n) is 10.4.